The van der Waals surface area contributed by atoms with Crippen LogP contribution in [0.4, 0.5) is 0 Å². The van der Waals surface area contributed by atoms with Crippen molar-refractivity contribution in [1.82, 2.24) is 4.98 Å². The smallest absolute Gasteiger partial charge is 0.0375 e. The molecule has 0 unspecified atom stereocenters. The summed E-state index contributed by atoms with van der Waals surface area (Å²) in [6, 6.07) is 4.16. The molecule has 1 heterocycles. The summed E-state index contributed by atoms with van der Waals surface area (Å²) in [5, 5.41) is 0. The van der Waals surface area contributed by atoms with Crippen LogP contribution in [0.5, 0.6) is 0 Å². The number of rotatable bonds is 1. The molecule has 0 aliphatic heterocycles. The zero-order valence-corrected chi connectivity index (χ0v) is 8.62. The van der Waals surface area contributed by atoms with Gasteiger partial charge in [0.1, 0.15) is 0 Å². The first kappa shape index (κ1) is 9.88. The zero-order valence-electron chi connectivity index (χ0n) is 6.29. The van der Waals surface area contributed by atoms with E-state index in [1.165, 1.54) is 5.56 Å². The summed E-state index contributed by atoms with van der Waals surface area (Å²) in [4.78, 5) is 4.09. The first-order chi connectivity index (χ1) is 4.33. The van der Waals surface area contributed by atoms with E-state index < -0.39 is 0 Å². The SMILES string of the molecule is CCc1ccnc(C)c1.I. The van der Waals surface area contributed by atoms with Crippen molar-refractivity contribution < 1.29 is 0 Å². The van der Waals surface area contributed by atoms with Crippen molar-refractivity contribution in [1.29, 1.82) is 0 Å². The van der Waals surface area contributed by atoms with E-state index in [2.05, 4.69) is 18.0 Å². The monoisotopic (exact) mass is 249 g/mol. The van der Waals surface area contributed by atoms with Gasteiger partial charge in [0.15, 0.2) is 0 Å². The Morgan fingerprint density at radius 1 is 1.50 bits per heavy atom. The lowest BCUT2D eigenvalue weighted by molar-refractivity contribution is 1.09. The van der Waals surface area contributed by atoms with Gasteiger partial charge < -0.3 is 0 Å². The third-order valence-electron chi connectivity index (χ3n) is 1.37. The summed E-state index contributed by atoms with van der Waals surface area (Å²) in [6.45, 7) is 4.16. The normalized spacial score (nSPS) is 8.60. The van der Waals surface area contributed by atoms with Gasteiger partial charge in [-0.25, -0.2) is 0 Å². The second kappa shape index (κ2) is 4.66. The molecule has 0 spiro atoms. The molecule has 0 aromatic carbocycles. The Labute approximate surface area is 78.9 Å². The summed E-state index contributed by atoms with van der Waals surface area (Å²) in [5.74, 6) is 0. The number of aryl methyl sites for hydroxylation is 2. The molecule has 10 heavy (non-hydrogen) atoms. The van der Waals surface area contributed by atoms with Gasteiger partial charge in [0.05, 0.1) is 0 Å². The predicted octanol–water partition coefficient (Wildman–Crippen LogP) is 2.57. The molecule has 0 N–H and O–H groups in total. The molecule has 0 aliphatic carbocycles. The van der Waals surface area contributed by atoms with Crippen LogP contribution in [0.15, 0.2) is 18.3 Å². The summed E-state index contributed by atoms with van der Waals surface area (Å²) in [5.41, 5.74) is 2.47. The lowest BCUT2D eigenvalue weighted by Gasteiger charge is -1.94. The number of hydrogen-bond acceptors (Lipinski definition) is 1. The average molecular weight is 249 g/mol. The molecule has 0 aliphatic rings. The number of hydrogen-bond donors (Lipinski definition) is 0. The number of nitrogens with zero attached hydrogens (tertiary/aromatic N) is 1. The molecule has 0 radical (unpaired) electrons. The largest absolute Gasteiger partial charge is 0.262 e. The Balaban J connectivity index is 0.000000810. The van der Waals surface area contributed by atoms with Crippen LogP contribution in [-0.2, 0) is 6.42 Å². The van der Waals surface area contributed by atoms with Crippen LogP contribution < -0.4 is 0 Å². The standard InChI is InChI=1S/C8H11N.HI/c1-3-8-4-5-9-7(2)6-8;/h4-6H,3H2,1-2H3;1H. The van der Waals surface area contributed by atoms with Crippen LogP contribution >= 0.6 is 24.0 Å². The van der Waals surface area contributed by atoms with Crippen molar-refractivity contribution in [3.63, 3.8) is 0 Å². The van der Waals surface area contributed by atoms with Crippen molar-refractivity contribution >= 4 is 24.0 Å². The molecule has 2 heteroatoms. The van der Waals surface area contributed by atoms with Gasteiger partial charge in [-0.05, 0) is 31.0 Å². The van der Waals surface area contributed by atoms with E-state index in [9.17, 15) is 0 Å². The van der Waals surface area contributed by atoms with E-state index in [0.29, 0.717) is 0 Å². The number of pyridine rings is 1. The summed E-state index contributed by atoms with van der Waals surface area (Å²) >= 11 is 0. The minimum absolute atomic E-state index is 0. The molecule has 1 rings (SSSR count). The Morgan fingerprint density at radius 3 is 2.60 bits per heavy atom. The molecule has 1 nitrogen and oxygen atoms in total. The quantitative estimate of drug-likeness (QED) is 0.697. The molecule has 0 bridgehead atoms. The Bertz CT molecular complexity index is 198. The van der Waals surface area contributed by atoms with E-state index in [0.717, 1.165) is 12.1 Å². The third-order valence-corrected chi connectivity index (χ3v) is 1.37. The first-order valence-corrected chi connectivity index (χ1v) is 3.24. The minimum Gasteiger partial charge on any atom is -0.262 e. The van der Waals surface area contributed by atoms with E-state index in [1.807, 2.05) is 19.2 Å². The molecule has 1 aromatic heterocycles. The van der Waals surface area contributed by atoms with Crippen molar-refractivity contribution in [3.05, 3.63) is 29.6 Å². The average Bonchev–Trinajstić information content (AvgIpc) is 1.88. The lowest BCUT2D eigenvalue weighted by Crippen LogP contribution is -1.83. The van der Waals surface area contributed by atoms with Gasteiger partial charge in [0.25, 0.3) is 0 Å². The molecule has 1 aromatic rings. The van der Waals surface area contributed by atoms with Crippen molar-refractivity contribution in [2.75, 3.05) is 0 Å². The van der Waals surface area contributed by atoms with Crippen LogP contribution in [0, 0.1) is 6.92 Å². The van der Waals surface area contributed by atoms with Crippen molar-refractivity contribution in [2.24, 2.45) is 0 Å². The van der Waals surface area contributed by atoms with Gasteiger partial charge in [0.2, 0.25) is 0 Å². The van der Waals surface area contributed by atoms with Gasteiger partial charge >= 0.3 is 0 Å². The molecule has 0 atom stereocenters. The maximum Gasteiger partial charge on any atom is 0.0375 e. The molecule has 0 saturated heterocycles. The van der Waals surface area contributed by atoms with Gasteiger partial charge in [-0.1, -0.05) is 6.92 Å². The van der Waals surface area contributed by atoms with E-state index in [4.69, 9.17) is 0 Å². The number of halogens is 1. The van der Waals surface area contributed by atoms with Gasteiger partial charge in [-0.2, -0.15) is 0 Å². The minimum atomic E-state index is 0. The van der Waals surface area contributed by atoms with Gasteiger partial charge in [-0.15, -0.1) is 24.0 Å². The van der Waals surface area contributed by atoms with Crippen LogP contribution in [0.1, 0.15) is 18.2 Å². The molecule has 0 amide bonds. The maximum atomic E-state index is 4.09. The first-order valence-electron chi connectivity index (χ1n) is 3.24. The van der Waals surface area contributed by atoms with Gasteiger partial charge in [-0.3, -0.25) is 4.98 Å². The van der Waals surface area contributed by atoms with E-state index in [-0.39, 0.29) is 24.0 Å². The van der Waals surface area contributed by atoms with E-state index in [1.54, 1.807) is 0 Å². The Morgan fingerprint density at radius 2 is 2.20 bits per heavy atom. The Hall–Kier alpha value is -0.120. The highest BCUT2D eigenvalue weighted by Crippen LogP contribution is 1.99. The zero-order chi connectivity index (χ0) is 6.69. The topological polar surface area (TPSA) is 12.9 Å². The lowest BCUT2D eigenvalue weighted by atomic mass is 10.2. The Kier molecular flexibility index (Phi) is 4.60. The van der Waals surface area contributed by atoms with Crippen LogP contribution in [0.25, 0.3) is 0 Å². The highest BCUT2D eigenvalue weighted by atomic mass is 127. The predicted molar refractivity (Wildman–Crippen MR) is 53.8 cm³/mol. The molecule has 0 fully saturated rings. The highest BCUT2D eigenvalue weighted by Gasteiger charge is 1.86. The highest BCUT2D eigenvalue weighted by molar-refractivity contribution is 14.0. The van der Waals surface area contributed by atoms with Crippen molar-refractivity contribution in [3.8, 4) is 0 Å². The van der Waals surface area contributed by atoms with E-state index >= 15 is 0 Å². The van der Waals surface area contributed by atoms with Crippen LogP contribution in [0.2, 0.25) is 0 Å². The summed E-state index contributed by atoms with van der Waals surface area (Å²) < 4.78 is 0. The summed E-state index contributed by atoms with van der Waals surface area (Å²) in [7, 11) is 0. The van der Waals surface area contributed by atoms with Gasteiger partial charge in [0, 0.05) is 11.9 Å². The van der Waals surface area contributed by atoms with Crippen molar-refractivity contribution in [2.45, 2.75) is 20.3 Å². The second-order valence-electron chi connectivity index (χ2n) is 2.16. The van der Waals surface area contributed by atoms with Crippen LogP contribution in [-0.4, -0.2) is 4.98 Å². The molecule has 0 saturated carbocycles. The number of aromatic nitrogens is 1. The molecular weight excluding hydrogens is 237 g/mol. The van der Waals surface area contributed by atoms with Crippen LogP contribution in [0.3, 0.4) is 0 Å². The third kappa shape index (κ3) is 2.64. The maximum absolute atomic E-state index is 4.09. The molecular formula is C8H12IN. The second-order valence-corrected chi connectivity index (χ2v) is 2.16. The fourth-order valence-corrected chi connectivity index (χ4v) is 0.824. The summed E-state index contributed by atoms with van der Waals surface area (Å²) in [6.07, 6.45) is 2.96. The molecule has 56 valence electrons. The fourth-order valence-electron chi connectivity index (χ4n) is 0.824. The fraction of sp³-hybridized carbons (Fsp3) is 0.375.